The van der Waals surface area contributed by atoms with Crippen LogP contribution in [0.2, 0.25) is 0 Å². The molecule has 140 valence electrons. The quantitative estimate of drug-likeness (QED) is 0.236. The van der Waals surface area contributed by atoms with Crippen molar-refractivity contribution in [2.45, 2.75) is 31.0 Å². The van der Waals surface area contributed by atoms with Gasteiger partial charge in [0.25, 0.3) is 5.91 Å². The zero-order valence-corrected chi connectivity index (χ0v) is 13.7. The largest absolute Gasteiger partial charge is 0.418 e. The van der Waals surface area contributed by atoms with E-state index in [1.165, 1.54) is 0 Å². The summed E-state index contributed by atoms with van der Waals surface area (Å²) >= 11 is 0. The molecular formula is C11H17N5O8S. The number of oxime groups is 1. The molecule has 3 aliphatic rings. The van der Waals surface area contributed by atoms with Crippen LogP contribution in [-0.2, 0) is 24.3 Å². The van der Waals surface area contributed by atoms with E-state index in [9.17, 15) is 18.0 Å². The maximum absolute atomic E-state index is 12.3. The van der Waals surface area contributed by atoms with Gasteiger partial charge in [0.2, 0.25) is 0 Å². The van der Waals surface area contributed by atoms with Gasteiger partial charge >= 0.3 is 16.4 Å². The Bertz CT molecular complexity index is 697. The number of piperidine rings is 1. The number of nitrogens with zero attached hydrogens (tertiary/aromatic N) is 3. The van der Waals surface area contributed by atoms with Gasteiger partial charge in [-0.05, 0) is 12.8 Å². The van der Waals surface area contributed by atoms with Crippen LogP contribution < -0.4 is 10.8 Å². The Labute approximate surface area is 142 Å². The monoisotopic (exact) mass is 379 g/mol. The first-order valence-electron chi connectivity index (χ1n) is 7.44. The lowest BCUT2D eigenvalue weighted by atomic mass is 10.0. The van der Waals surface area contributed by atoms with Gasteiger partial charge in [-0.25, -0.2) is 10.3 Å². The third kappa shape index (κ3) is 3.67. The number of fused-ring (bicyclic) bond motifs is 2. The van der Waals surface area contributed by atoms with Crippen LogP contribution in [0.3, 0.4) is 0 Å². The topological polar surface area (TPSA) is 170 Å². The number of carbonyl (C=O) groups excluding carboxylic acids is 2. The van der Waals surface area contributed by atoms with Crippen molar-refractivity contribution in [3.8, 4) is 0 Å². The predicted octanol–water partition coefficient (Wildman–Crippen LogP) is -2.16. The molecular weight excluding hydrogens is 362 g/mol. The molecule has 14 heteroatoms. The fourth-order valence-corrected chi connectivity index (χ4v) is 3.46. The number of nitrogens with one attached hydrogen (secondary N) is 2. The Hall–Kier alpha value is -2.00. The number of rotatable bonds is 5. The Kier molecular flexibility index (Phi) is 4.79. The molecule has 0 spiro atoms. The van der Waals surface area contributed by atoms with Gasteiger partial charge in [0.05, 0.1) is 6.04 Å². The Morgan fingerprint density at radius 1 is 1.40 bits per heavy atom. The molecule has 3 saturated heterocycles. The summed E-state index contributed by atoms with van der Waals surface area (Å²) in [5.74, 6) is -0.593. The van der Waals surface area contributed by atoms with E-state index in [2.05, 4.69) is 20.2 Å². The van der Waals surface area contributed by atoms with Crippen molar-refractivity contribution in [3.63, 3.8) is 0 Å². The van der Waals surface area contributed by atoms with Crippen LogP contribution in [0.5, 0.6) is 0 Å². The Morgan fingerprint density at radius 2 is 2.16 bits per heavy atom. The van der Waals surface area contributed by atoms with Crippen molar-refractivity contribution >= 4 is 28.0 Å². The summed E-state index contributed by atoms with van der Waals surface area (Å²) in [5, 5.41) is 15.3. The summed E-state index contributed by atoms with van der Waals surface area (Å²) in [4.78, 5) is 30.8. The van der Waals surface area contributed by atoms with Crippen LogP contribution in [0.1, 0.15) is 12.8 Å². The van der Waals surface area contributed by atoms with Gasteiger partial charge in [0.1, 0.15) is 17.9 Å². The fourth-order valence-electron chi connectivity index (χ4n) is 3.07. The van der Waals surface area contributed by atoms with Gasteiger partial charge in [0.15, 0.2) is 0 Å². The first-order chi connectivity index (χ1) is 11.8. The molecule has 0 aromatic heterocycles. The molecule has 13 nitrogen and oxygen atoms in total. The van der Waals surface area contributed by atoms with Crippen molar-refractivity contribution in [1.82, 2.24) is 20.8 Å². The van der Waals surface area contributed by atoms with Crippen molar-refractivity contribution in [3.05, 3.63) is 0 Å². The van der Waals surface area contributed by atoms with Crippen LogP contribution in [0.4, 0.5) is 4.79 Å². The average Bonchev–Trinajstić information content (AvgIpc) is 3.10. The van der Waals surface area contributed by atoms with Gasteiger partial charge in [-0.2, -0.15) is 13.5 Å². The Morgan fingerprint density at radius 3 is 2.84 bits per heavy atom. The second kappa shape index (κ2) is 6.72. The molecule has 3 fully saturated rings. The molecule has 25 heavy (non-hydrogen) atoms. The number of carbonyl (C=O) groups is 2. The van der Waals surface area contributed by atoms with Crippen LogP contribution in [0.25, 0.3) is 0 Å². The third-order valence-electron chi connectivity index (χ3n) is 4.24. The molecule has 0 aromatic carbocycles. The molecule has 3 aliphatic heterocycles. The average molecular weight is 379 g/mol. The fraction of sp³-hybridized carbons (Fsp3) is 0.727. The number of hydroxylamine groups is 3. The smallest absolute Gasteiger partial charge is 0.411 e. The highest BCUT2D eigenvalue weighted by atomic mass is 32.3. The molecule has 2 bridgehead atoms. The van der Waals surface area contributed by atoms with E-state index in [0.29, 0.717) is 30.3 Å². The molecule has 0 saturated carbocycles. The summed E-state index contributed by atoms with van der Waals surface area (Å²) < 4.78 is 34.7. The molecule has 4 N–H and O–H groups in total. The number of hydrogen-bond acceptors (Lipinski definition) is 9. The van der Waals surface area contributed by atoms with E-state index in [0.717, 1.165) is 4.90 Å². The number of hydrogen-bond donors (Lipinski definition) is 4. The van der Waals surface area contributed by atoms with Gasteiger partial charge in [-0.1, -0.05) is 5.16 Å². The first-order valence-corrected chi connectivity index (χ1v) is 8.80. The highest BCUT2D eigenvalue weighted by Gasteiger charge is 2.49. The van der Waals surface area contributed by atoms with Crippen LogP contribution >= 0.6 is 0 Å². The van der Waals surface area contributed by atoms with Crippen LogP contribution in [0, 0.1) is 0 Å². The summed E-state index contributed by atoms with van der Waals surface area (Å²) in [6.07, 6.45) is -0.0516. The van der Waals surface area contributed by atoms with E-state index >= 15 is 0 Å². The third-order valence-corrected chi connectivity index (χ3v) is 4.59. The molecule has 0 aromatic rings. The highest BCUT2D eigenvalue weighted by molar-refractivity contribution is 7.80. The van der Waals surface area contributed by atoms with E-state index in [1.54, 1.807) is 0 Å². The summed E-state index contributed by atoms with van der Waals surface area (Å²) in [6.45, 7) is 0.764. The van der Waals surface area contributed by atoms with E-state index < -0.39 is 40.5 Å². The normalized spacial score (nSPS) is 31.0. The molecule has 0 aliphatic carbocycles. The zero-order chi connectivity index (χ0) is 18.2. The summed E-state index contributed by atoms with van der Waals surface area (Å²) in [5.41, 5.74) is 2.56. The predicted molar refractivity (Wildman–Crippen MR) is 78.5 cm³/mol. The number of amides is 3. The van der Waals surface area contributed by atoms with Crippen molar-refractivity contribution in [2.75, 3.05) is 19.6 Å². The molecule has 3 heterocycles. The van der Waals surface area contributed by atoms with Crippen molar-refractivity contribution in [1.29, 1.82) is 0 Å². The lowest BCUT2D eigenvalue weighted by Gasteiger charge is -2.29. The standard InChI is InChI=1S/C11H17N5O8S/c17-10(14-23-9-4-12-3-7(9)13-19)8-2-1-6-5-15(8)11(18)16(6)24-25(20,21)22/h6,8-9,12,19H,1-5H2,(H,14,17)(H,20,21,22)/b13-7+/t6?,8-,9?/m0/s1. The minimum atomic E-state index is -4.84. The lowest BCUT2D eigenvalue weighted by molar-refractivity contribution is -0.140. The SMILES string of the molecule is O=C(NOC1CNC/C1=N\O)[C@@H]1CCC2CN1C(=O)N2OS(=O)(=O)O. The maximum Gasteiger partial charge on any atom is 0.418 e. The van der Waals surface area contributed by atoms with Crippen LogP contribution in [0.15, 0.2) is 5.16 Å². The lowest BCUT2D eigenvalue weighted by Crippen LogP contribution is -2.50. The summed E-state index contributed by atoms with van der Waals surface area (Å²) in [6, 6.07) is -2.28. The number of urea groups is 1. The van der Waals surface area contributed by atoms with E-state index in [-0.39, 0.29) is 13.0 Å². The summed E-state index contributed by atoms with van der Waals surface area (Å²) in [7, 11) is -4.84. The second-order valence-electron chi connectivity index (χ2n) is 5.81. The van der Waals surface area contributed by atoms with E-state index in [4.69, 9.17) is 14.6 Å². The molecule has 3 atom stereocenters. The van der Waals surface area contributed by atoms with Crippen LogP contribution in [-0.4, -0.2) is 83.6 Å². The van der Waals surface area contributed by atoms with Crippen molar-refractivity contribution < 1.29 is 36.9 Å². The Balaban J connectivity index is 1.60. The highest BCUT2D eigenvalue weighted by Crippen LogP contribution is 2.30. The molecule has 3 amide bonds. The van der Waals surface area contributed by atoms with E-state index in [1.807, 2.05) is 0 Å². The maximum atomic E-state index is 12.3. The van der Waals surface area contributed by atoms with Gasteiger partial charge in [-0.15, -0.1) is 4.28 Å². The van der Waals surface area contributed by atoms with Gasteiger partial charge < -0.3 is 15.4 Å². The second-order valence-corrected chi connectivity index (χ2v) is 6.81. The molecule has 0 radical (unpaired) electrons. The minimum Gasteiger partial charge on any atom is -0.411 e. The zero-order valence-electron chi connectivity index (χ0n) is 12.9. The minimum absolute atomic E-state index is 0.0841. The molecule has 2 unspecified atom stereocenters. The van der Waals surface area contributed by atoms with Gasteiger partial charge in [-0.3, -0.25) is 14.2 Å². The van der Waals surface area contributed by atoms with Crippen molar-refractivity contribution in [2.24, 2.45) is 5.16 Å². The van der Waals surface area contributed by atoms with Gasteiger partial charge in [0, 0.05) is 19.6 Å². The molecule has 3 rings (SSSR count). The first kappa shape index (κ1) is 17.8.